The molecule has 0 aliphatic heterocycles. The molecule has 32 heavy (non-hydrogen) atoms. The fourth-order valence-corrected chi connectivity index (χ4v) is 3.76. The Balaban J connectivity index is 1.51. The van der Waals surface area contributed by atoms with Crippen LogP contribution in [0.1, 0.15) is 47.3 Å². The van der Waals surface area contributed by atoms with Crippen LogP contribution in [0.2, 0.25) is 0 Å². The van der Waals surface area contributed by atoms with Gasteiger partial charge < -0.3 is 20.3 Å². The molecule has 1 aromatic heterocycles. The van der Waals surface area contributed by atoms with Gasteiger partial charge in [-0.2, -0.15) is 4.98 Å². The summed E-state index contributed by atoms with van der Waals surface area (Å²) >= 11 is 0. The molecule has 2 N–H and O–H groups in total. The van der Waals surface area contributed by atoms with Crippen LogP contribution in [0.4, 0.5) is 24.9 Å². The van der Waals surface area contributed by atoms with Gasteiger partial charge in [-0.1, -0.05) is 0 Å². The van der Waals surface area contributed by atoms with E-state index in [1.165, 1.54) is 12.1 Å². The van der Waals surface area contributed by atoms with Gasteiger partial charge in [0.2, 0.25) is 5.95 Å². The molecule has 1 fully saturated rings. The van der Waals surface area contributed by atoms with Crippen LogP contribution in [0.3, 0.4) is 0 Å². The van der Waals surface area contributed by atoms with Gasteiger partial charge in [0, 0.05) is 43.0 Å². The number of halogens is 3. The molecule has 2 aromatic rings. The van der Waals surface area contributed by atoms with Crippen LogP contribution in [0, 0.1) is 13.8 Å². The molecule has 0 radical (unpaired) electrons. The summed E-state index contributed by atoms with van der Waals surface area (Å²) in [6.07, 6.45) is -1.51. The van der Waals surface area contributed by atoms with E-state index in [1.54, 1.807) is 0 Å². The number of nitrogens with zero attached hydrogens (tertiary/aromatic N) is 3. The lowest BCUT2D eigenvalue weighted by atomic mass is 9.91. The SMILES string of the molecule is Cc1nc(N[C@H]2CC[C@@H](NC(=O)c3ccc(OC(F)(F)F)cc3)CC2)nc(N(C)C)c1C. The van der Waals surface area contributed by atoms with Crippen molar-refractivity contribution >= 4 is 17.7 Å². The minimum Gasteiger partial charge on any atom is -0.406 e. The van der Waals surface area contributed by atoms with E-state index in [1.807, 2.05) is 32.8 Å². The van der Waals surface area contributed by atoms with E-state index in [4.69, 9.17) is 0 Å². The number of rotatable bonds is 6. The Bertz CT molecular complexity index is 940. The number of carbonyl (C=O) groups excluding carboxylic acids is 1. The van der Waals surface area contributed by atoms with E-state index in [0.717, 1.165) is 54.9 Å². The number of hydrogen-bond acceptors (Lipinski definition) is 6. The van der Waals surface area contributed by atoms with Crippen LogP contribution < -0.4 is 20.3 Å². The van der Waals surface area contributed by atoms with Gasteiger partial charge in [-0.05, 0) is 63.8 Å². The number of alkyl halides is 3. The van der Waals surface area contributed by atoms with Crippen molar-refractivity contribution in [2.45, 2.75) is 58.0 Å². The molecule has 10 heteroatoms. The fraction of sp³-hybridized carbons (Fsp3) is 0.500. The molecule has 1 saturated carbocycles. The summed E-state index contributed by atoms with van der Waals surface area (Å²) in [7, 11) is 3.90. The first-order valence-electron chi connectivity index (χ1n) is 10.5. The second-order valence-electron chi connectivity index (χ2n) is 8.21. The number of aromatic nitrogens is 2. The number of ether oxygens (including phenoxy) is 1. The zero-order chi connectivity index (χ0) is 23.5. The first-order valence-corrected chi connectivity index (χ1v) is 10.5. The summed E-state index contributed by atoms with van der Waals surface area (Å²) in [5.41, 5.74) is 2.27. The Morgan fingerprint density at radius 3 is 2.19 bits per heavy atom. The van der Waals surface area contributed by atoms with Crippen LogP contribution in [0.5, 0.6) is 5.75 Å². The van der Waals surface area contributed by atoms with Gasteiger partial charge in [-0.15, -0.1) is 13.2 Å². The van der Waals surface area contributed by atoms with Crippen molar-refractivity contribution in [3.05, 3.63) is 41.1 Å². The first kappa shape index (κ1) is 23.6. The van der Waals surface area contributed by atoms with Gasteiger partial charge in [0.15, 0.2) is 0 Å². The van der Waals surface area contributed by atoms with Crippen LogP contribution in [0.15, 0.2) is 24.3 Å². The van der Waals surface area contributed by atoms with E-state index in [9.17, 15) is 18.0 Å². The third-order valence-corrected chi connectivity index (χ3v) is 5.53. The number of hydrogen-bond donors (Lipinski definition) is 2. The van der Waals surface area contributed by atoms with Gasteiger partial charge in [0.25, 0.3) is 5.91 Å². The number of amides is 1. The summed E-state index contributed by atoms with van der Waals surface area (Å²) in [6.45, 7) is 3.96. The standard InChI is InChI=1S/C22H28F3N5O2/c1-13-14(2)26-21(29-19(13)30(3)4)28-17-9-7-16(8-10-17)27-20(31)15-5-11-18(12-6-15)32-22(23,24)25/h5-6,11-12,16-17H,7-10H2,1-4H3,(H,27,31)(H,26,28,29)/t16-,17+. The molecule has 7 nitrogen and oxygen atoms in total. The molecular formula is C22H28F3N5O2. The van der Waals surface area contributed by atoms with Crippen molar-refractivity contribution in [2.24, 2.45) is 0 Å². The van der Waals surface area contributed by atoms with E-state index >= 15 is 0 Å². The van der Waals surface area contributed by atoms with Crippen LogP contribution in [-0.2, 0) is 0 Å². The average molecular weight is 451 g/mol. The number of aryl methyl sites for hydroxylation is 1. The normalized spacial score (nSPS) is 18.7. The van der Waals surface area contributed by atoms with Crippen molar-refractivity contribution in [2.75, 3.05) is 24.3 Å². The van der Waals surface area contributed by atoms with Gasteiger partial charge in [0.05, 0.1) is 0 Å². The highest BCUT2D eigenvalue weighted by molar-refractivity contribution is 5.94. The minimum atomic E-state index is -4.76. The Hall–Kier alpha value is -3.04. The number of benzene rings is 1. The van der Waals surface area contributed by atoms with E-state index in [2.05, 4.69) is 25.3 Å². The Morgan fingerprint density at radius 1 is 1.03 bits per heavy atom. The van der Waals surface area contributed by atoms with E-state index < -0.39 is 6.36 Å². The largest absolute Gasteiger partial charge is 0.573 e. The summed E-state index contributed by atoms with van der Waals surface area (Å²) in [4.78, 5) is 23.6. The molecule has 0 atom stereocenters. The van der Waals surface area contributed by atoms with Gasteiger partial charge >= 0.3 is 6.36 Å². The zero-order valence-electron chi connectivity index (χ0n) is 18.6. The number of nitrogens with one attached hydrogen (secondary N) is 2. The molecule has 174 valence electrons. The van der Waals surface area contributed by atoms with Crippen LogP contribution >= 0.6 is 0 Å². The maximum absolute atomic E-state index is 12.4. The lowest BCUT2D eigenvalue weighted by molar-refractivity contribution is -0.274. The third kappa shape index (κ3) is 6.24. The highest BCUT2D eigenvalue weighted by Gasteiger charge is 2.31. The maximum atomic E-state index is 12.4. The van der Waals surface area contributed by atoms with E-state index in [0.29, 0.717) is 11.5 Å². The monoisotopic (exact) mass is 451 g/mol. The summed E-state index contributed by atoms with van der Waals surface area (Å²) in [5, 5.41) is 6.37. The average Bonchev–Trinajstić information content (AvgIpc) is 2.71. The lowest BCUT2D eigenvalue weighted by Crippen LogP contribution is -2.40. The molecule has 1 aliphatic rings. The van der Waals surface area contributed by atoms with Crippen molar-refractivity contribution in [1.29, 1.82) is 0 Å². The number of anilines is 2. The fourth-order valence-electron chi connectivity index (χ4n) is 3.76. The molecular weight excluding hydrogens is 423 g/mol. The van der Waals surface area contributed by atoms with Crippen molar-refractivity contribution in [3.8, 4) is 5.75 Å². The summed E-state index contributed by atoms with van der Waals surface area (Å²) < 4.78 is 40.6. The third-order valence-electron chi connectivity index (χ3n) is 5.53. The van der Waals surface area contributed by atoms with Gasteiger partial charge in [-0.3, -0.25) is 4.79 Å². The molecule has 1 aromatic carbocycles. The molecule has 1 aliphatic carbocycles. The Kier molecular flexibility index (Phi) is 7.10. The quantitative estimate of drug-likeness (QED) is 0.685. The molecule has 0 spiro atoms. The smallest absolute Gasteiger partial charge is 0.406 e. The molecule has 0 unspecified atom stereocenters. The maximum Gasteiger partial charge on any atom is 0.573 e. The van der Waals surface area contributed by atoms with E-state index in [-0.39, 0.29) is 23.7 Å². The summed E-state index contributed by atoms with van der Waals surface area (Å²) in [6, 6.07) is 5.12. The highest BCUT2D eigenvalue weighted by atomic mass is 19.4. The molecule has 3 rings (SSSR count). The molecule has 0 saturated heterocycles. The lowest BCUT2D eigenvalue weighted by Gasteiger charge is -2.30. The Labute approximate surface area is 185 Å². The predicted molar refractivity (Wildman–Crippen MR) is 116 cm³/mol. The van der Waals surface area contributed by atoms with Crippen molar-refractivity contribution < 1.29 is 22.7 Å². The highest BCUT2D eigenvalue weighted by Crippen LogP contribution is 2.25. The Morgan fingerprint density at radius 2 is 1.62 bits per heavy atom. The minimum absolute atomic E-state index is 0.00431. The summed E-state index contributed by atoms with van der Waals surface area (Å²) in [5.74, 6) is 0.817. The second-order valence-corrected chi connectivity index (χ2v) is 8.21. The molecule has 1 amide bonds. The molecule has 0 bridgehead atoms. The predicted octanol–water partition coefficient (Wildman–Crippen LogP) is 4.21. The second kappa shape index (κ2) is 9.62. The molecule has 1 heterocycles. The van der Waals surface area contributed by atoms with Crippen molar-refractivity contribution in [3.63, 3.8) is 0 Å². The van der Waals surface area contributed by atoms with Crippen LogP contribution in [0.25, 0.3) is 0 Å². The van der Waals surface area contributed by atoms with Crippen LogP contribution in [-0.4, -0.2) is 48.4 Å². The zero-order valence-corrected chi connectivity index (χ0v) is 18.6. The van der Waals surface area contributed by atoms with Gasteiger partial charge in [0.1, 0.15) is 11.6 Å². The topological polar surface area (TPSA) is 79.4 Å². The first-order chi connectivity index (χ1) is 15.0. The number of carbonyl (C=O) groups is 1. The van der Waals surface area contributed by atoms with Gasteiger partial charge in [-0.25, -0.2) is 4.98 Å². The van der Waals surface area contributed by atoms with Crippen molar-refractivity contribution in [1.82, 2.24) is 15.3 Å².